The van der Waals surface area contributed by atoms with Crippen molar-refractivity contribution in [1.82, 2.24) is 0 Å². The van der Waals surface area contributed by atoms with Crippen LogP contribution < -0.4 is 9.47 Å². The quantitative estimate of drug-likeness (QED) is 0.157. The second-order valence-corrected chi connectivity index (χ2v) is 10.6. The van der Waals surface area contributed by atoms with Gasteiger partial charge in [0.05, 0.1) is 6.61 Å². The van der Waals surface area contributed by atoms with Gasteiger partial charge in [0.15, 0.2) is 0 Å². The van der Waals surface area contributed by atoms with Gasteiger partial charge >= 0.3 is 17.9 Å². The molecule has 0 aliphatic heterocycles. The fourth-order valence-corrected chi connectivity index (χ4v) is 4.76. The Hall–Kier alpha value is -4.71. The number of rotatable bonds is 9. The maximum Gasteiger partial charge on any atom is 0.338 e. The molecule has 0 saturated heterocycles. The molecule has 6 nitrogen and oxygen atoms in total. The summed E-state index contributed by atoms with van der Waals surface area (Å²) in [6.45, 7) is 18.1. The zero-order valence-electron chi connectivity index (χ0n) is 24.0. The van der Waals surface area contributed by atoms with Crippen LogP contribution in [0.25, 0.3) is 22.3 Å². The third-order valence-electron chi connectivity index (χ3n) is 7.02. The molecule has 0 spiro atoms. The van der Waals surface area contributed by atoms with Crippen LogP contribution in [0.5, 0.6) is 11.5 Å². The summed E-state index contributed by atoms with van der Waals surface area (Å²) >= 11 is 0. The summed E-state index contributed by atoms with van der Waals surface area (Å²) in [5, 5.41) is 0. The molecule has 6 heteroatoms. The fraction of sp³-hybridized carbons (Fsp3) is 0.229. The SMILES string of the molecule is C=C(C)C(=O)OCC1CCc2cc(-c3ccc(-c4ccc(OC(=O)C(=C)C)cc4OC(=O)C(=C)C)c(C)c3)ccc21. The van der Waals surface area contributed by atoms with Crippen LogP contribution in [-0.2, 0) is 25.5 Å². The summed E-state index contributed by atoms with van der Waals surface area (Å²) in [5.41, 5.74) is 8.06. The molecule has 1 aliphatic rings. The van der Waals surface area contributed by atoms with Crippen molar-refractivity contribution in [2.45, 2.75) is 46.5 Å². The zero-order chi connectivity index (χ0) is 29.8. The first-order chi connectivity index (χ1) is 19.4. The standard InChI is InChI=1S/C35H34O6/c1-20(2)33(36)39-19-27-9-8-26-17-25(11-14-30(26)27)24-10-13-29(23(7)16-24)31-15-12-28(40-34(37)21(3)4)18-32(31)41-35(38)22(5)6/h10-18,27H,1,3,5,8-9,19H2,2,4,6-7H3. The molecular weight excluding hydrogens is 516 g/mol. The largest absolute Gasteiger partial charge is 0.462 e. The van der Waals surface area contributed by atoms with Crippen LogP contribution in [0.1, 0.15) is 49.8 Å². The summed E-state index contributed by atoms with van der Waals surface area (Å²) in [7, 11) is 0. The molecule has 3 aromatic carbocycles. The molecule has 1 unspecified atom stereocenters. The molecule has 1 atom stereocenters. The smallest absolute Gasteiger partial charge is 0.338 e. The van der Waals surface area contributed by atoms with Crippen LogP contribution >= 0.6 is 0 Å². The van der Waals surface area contributed by atoms with Gasteiger partial charge in [0, 0.05) is 34.3 Å². The topological polar surface area (TPSA) is 78.9 Å². The second-order valence-electron chi connectivity index (χ2n) is 10.6. The number of hydrogen-bond donors (Lipinski definition) is 0. The Bertz CT molecular complexity index is 1590. The Morgan fingerprint density at radius 3 is 2.02 bits per heavy atom. The predicted molar refractivity (Wildman–Crippen MR) is 160 cm³/mol. The van der Waals surface area contributed by atoms with Gasteiger partial charge in [-0.25, -0.2) is 14.4 Å². The predicted octanol–water partition coefficient (Wildman–Crippen LogP) is 7.44. The van der Waals surface area contributed by atoms with Crippen LogP contribution in [-0.4, -0.2) is 24.5 Å². The van der Waals surface area contributed by atoms with E-state index in [1.165, 1.54) is 17.2 Å². The van der Waals surface area contributed by atoms with Gasteiger partial charge in [0.2, 0.25) is 0 Å². The van der Waals surface area contributed by atoms with Crippen molar-refractivity contribution in [3.8, 4) is 33.8 Å². The summed E-state index contributed by atoms with van der Waals surface area (Å²) in [5.74, 6) is -0.808. The van der Waals surface area contributed by atoms with E-state index in [1.807, 2.05) is 19.1 Å². The molecule has 0 fully saturated rings. The second kappa shape index (κ2) is 12.2. The average molecular weight is 551 g/mol. The molecule has 3 aromatic rings. The molecule has 0 aromatic heterocycles. The first-order valence-corrected chi connectivity index (χ1v) is 13.4. The number of carbonyl (C=O) groups is 3. The van der Waals surface area contributed by atoms with E-state index in [4.69, 9.17) is 14.2 Å². The lowest BCUT2D eigenvalue weighted by molar-refractivity contribution is -0.139. The van der Waals surface area contributed by atoms with Gasteiger partial charge in [-0.2, -0.15) is 0 Å². The van der Waals surface area contributed by atoms with Crippen LogP contribution in [0.15, 0.2) is 91.1 Å². The van der Waals surface area contributed by atoms with E-state index in [2.05, 4.69) is 44.0 Å². The lowest BCUT2D eigenvalue weighted by Gasteiger charge is -2.16. The molecule has 0 heterocycles. The van der Waals surface area contributed by atoms with E-state index in [0.717, 1.165) is 35.1 Å². The minimum absolute atomic E-state index is 0.185. The number of carbonyl (C=O) groups excluding carboxylic acids is 3. The van der Waals surface area contributed by atoms with Crippen LogP contribution in [0, 0.1) is 6.92 Å². The Morgan fingerprint density at radius 1 is 0.756 bits per heavy atom. The van der Waals surface area contributed by atoms with E-state index >= 15 is 0 Å². The first-order valence-electron chi connectivity index (χ1n) is 13.4. The van der Waals surface area contributed by atoms with Gasteiger partial charge in [-0.1, -0.05) is 56.1 Å². The highest BCUT2D eigenvalue weighted by molar-refractivity contribution is 5.91. The number of hydrogen-bond acceptors (Lipinski definition) is 6. The maximum absolute atomic E-state index is 12.4. The van der Waals surface area contributed by atoms with Gasteiger partial charge in [-0.15, -0.1) is 0 Å². The lowest BCUT2D eigenvalue weighted by Crippen LogP contribution is -2.11. The number of esters is 3. The van der Waals surface area contributed by atoms with Crippen LogP contribution in [0.3, 0.4) is 0 Å². The number of ether oxygens (including phenoxy) is 3. The molecule has 41 heavy (non-hydrogen) atoms. The Labute approximate surface area is 241 Å². The third-order valence-corrected chi connectivity index (χ3v) is 7.02. The van der Waals surface area contributed by atoms with E-state index in [-0.39, 0.29) is 34.5 Å². The normalized spacial score (nSPS) is 13.6. The summed E-state index contributed by atoms with van der Waals surface area (Å²) in [4.78, 5) is 36.3. The van der Waals surface area contributed by atoms with Crippen molar-refractivity contribution < 1.29 is 28.6 Å². The van der Waals surface area contributed by atoms with Crippen molar-refractivity contribution in [3.05, 3.63) is 108 Å². The van der Waals surface area contributed by atoms with Crippen LogP contribution in [0.4, 0.5) is 0 Å². The van der Waals surface area contributed by atoms with Crippen LogP contribution in [0.2, 0.25) is 0 Å². The van der Waals surface area contributed by atoms with Gasteiger partial charge in [0.25, 0.3) is 0 Å². The zero-order valence-corrected chi connectivity index (χ0v) is 24.0. The Morgan fingerprint density at radius 2 is 1.37 bits per heavy atom. The summed E-state index contributed by atoms with van der Waals surface area (Å²) in [6, 6.07) is 17.5. The van der Waals surface area contributed by atoms with E-state index < -0.39 is 11.9 Å². The monoisotopic (exact) mass is 550 g/mol. The fourth-order valence-electron chi connectivity index (χ4n) is 4.76. The molecule has 0 N–H and O–H groups in total. The molecule has 4 rings (SSSR count). The van der Waals surface area contributed by atoms with Crippen molar-refractivity contribution in [2.75, 3.05) is 6.61 Å². The molecule has 0 saturated carbocycles. The number of aryl methyl sites for hydroxylation is 2. The van der Waals surface area contributed by atoms with Gasteiger partial charge in [0.1, 0.15) is 11.5 Å². The summed E-state index contributed by atoms with van der Waals surface area (Å²) in [6.07, 6.45) is 1.86. The Balaban J connectivity index is 1.61. The van der Waals surface area contributed by atoms with Gasteiger partial charge in [-0.3, -0.25) is 0 Å². The minimum atomic E-state index is -0.574. The minimum Gasteiger partial charge on any atom is -0.462 e. The lowest BCUT2D eigenvalue weighted by atomic mass is 9.93. The van der Waals surface area contributed by atoms with Crippen molar-refractivity contribution >= 4 is 17.9 Å². The first kappa shape index (κ1) is 29.3. The number of benzene rings is 3. The average Bonchev–Trinajstić information content (AvgIpc) is 3.34. The van der Waals surface area contributed by atoms with E-state index in [9.17, 15) is 14.4 Å². The van der Waals surface area contributed by atoms with E-state index in [0.29, 0.717) is 17.7 Å². The highest BCUT2D eigenvalue weighted by Gasteiger charge is 2.24. The van der Waals surface area contributed by atoms with Crippen molar-refractivity contribution in [2.24, 2.45) is 0 Å². The summed E-state index contributed by atoms with van der Waals surface area (Å²) < 4.78 is 16.4. The van der Waals surface area contributed by atoms with Gasteiger partial charge in [-0.05, 0) is 86.1 Å². The molecule has 0 bridgehead atoms. The van der Waals surface area contributed by atoms with E-state index in [1.54, 1.807) is 32.9 Å². The van der Waals surface area contributed by atoms with Gasteiger partial charge < -0.3 is 14.2 Å². The Kier molecular flexibility index (Phi) is 8.72. The molecule has 0 amide bonds. The highest BCUT2D eigenvalue weighted by atomic mass is 16.5. The third kappa shape index (κ3) is 6.72. The molecule has 1 aliphatic carbocycles. The highest BCUT2D eigenvalue weighted by Crippen LogP contribution is 2.39. The van der Waals surface area contributed by atoms with Crippen molar-refractivity contribution in [3.63, 3.8) is 0 Å². The maximum atomic E-state index is 12.4. The molecular formula is C35H34O6. The molecule has 210 valence electrons. The number of fused-ring (bicyclic) bond motifs is 1. The molecule has 0 radical (unpaired) electrons. The van der Waals surface area contributed by atoms with Crippen molar-refractivity contribution in [1.29, 1.82) is 0 Å².